The summed E-state index contributed by atoms with van der Waals surface area (Å²) in [6, 6.07) is 1.34. The minimum atomic E-state index is -0.0585. The monoisotopic (exact) mass is 252 g/mol. The number of aliphatic hydroxyl groups excluding tert-OH is 1. The van der Waals surface area contributed by atoms with E-state index < -0.39 is 0 Å². The molecule has 104 valence electrons. The van der Waals surface area contributed by atoms with Gasteiger partial charge in [0.15, 0.2) is 0 Å². The summed E-state index contributed by atoms with van der Waals surface area (Å²) in [5.74, 6) is 0. The molecular formula is C15H28N2O. The van der Waals surface area contributed by atoms with Gasteiger partial charge >= 0.3 is 0 Å². The largest absolute Gasteiger partial charge is 0.391 e. The molecule has 2 aliphatic carbocycles. The highest BCUT2D eigenvalue weighted by Gasteiger charge is 2.32. The maximum absolute atomic E-state index is 10.1. The van der Waals surface area contributed by atoms with Gasteiger partial charge in [0, 0.05) is 38.3 Å². The predicted molar refractivity (Wildman–Crippen MR) is 73.7 cm³/mol. The first-order chi connectivity index (χ1) is 8.84. The molecule has 1 aliphatic heterocycles. The number of hydrogen-bond acceptors (Lipinski definition) is 3. The second-order valence-electron chi connectivity index (χ2n) is 6.43. The Morgan fingerprint density at radius 2 is 1.22 bits per heavy atom. The first-order valence-corrected chi connectivity index (χ1v) is 8.01. The SMILES string of the molecule is OC1CCCCC1N1CCN(C2CCCC2)CC1. The van der Waals surface area contributed by atoms with Gasteiger partial charge < -0.3 is 5.11 Å². The Morgan fingerprint density at radius 1 is 0.667 bits per heavy atom. The van der Waals surface area contributed by atoms with Crippen LogP contribution in [0.25, 0.3) is 0 Å². The van der Waals surface area contributed by atoms with Gasteiger partial charge in [-0.25, -0.2) is 0 Å². The van der Waals surface area contributed by atoms with Gasteiger partial charge in [-0.05, 0) is 25.7 Å². The normalized spacial score (nSPS) is 37.2. The standard InChI is InChI=1S/C15H28N2O/c18-15-8-4-3-7-14(15)17-11-9-16(10-12-17)13-5-1-2-6-13/h13-15,18H,1-12H2. The zero-order valence-electron chi connectivity index (χ0n) is 11.6. The van der Waals surface area contributed by atoms with Crippen molar-refractivity contribution in [3.8, 4) is 0 Å². The lowest BCUT2D eigenvalue weighted by atomic mass is 9.91. The molecule has 18 heavy (non-hydrogen) atoms. The summed E-state index contributed by atoms with van der Waals surface area (Å²) in [6.07, 6.45) is 10.4. The summed E-state index contributed by atoms with van der Waals surface area (Å²) < 4.78 is 0. The molecule has 0 aromatic rings. The van der Waals surface area contributed by atoms with E-state index in [2.05, 4.69) is 9.80 Å². The summed E-state index contributed by atoms with van der Waals surface area (Å²) in [7, 11) is 0. The van der Waals surface area contributed by atoms with Crippen LogP contribution < -0.4 is 0 Å². The van der Waals surface area contributed by atoms with Crippen LogP contribution in [-0.2, 0) is 0 Å². The van der Waals surface area contributed by atoms with Crippen LogP contribution >= 0.6 is 0 Å². The highest BCUT2D eigenvalue weighted by Crippen LogP contribution is 2.27. The lowest BCUT2D eigenvalue weighted by molar-refractivity contribution is -0.0101. The lowest BCUT2D eigenvalue weighted by Crippen LogP contribution is -2.56. The summed E-state index contributed by atoms with van der Waals surface area (Å²) in [5.41, 5.74) is 0. The molecule has 2 unspecified atom stereocenters. The smallest absolute Gasteiger partial charge is 0.0695 e. The molecule has 0 radical (unpaired) electrons. The van der Waals surface area contributed by atoms with Crippen molar-refractivity contribution in [2.75, 3.05) is 26.2 Å². The van der Waals surface area contributed by atoms with E-state index >= 15 is 0 Å². The summed E-state index contributed by atoms with van der Waals surface area (Å²) >= 11 is 0. The van der Waals surface area contributed by atoms with E-state index in [4.69, 9.17) is 0 Å². The Morgan fingerprint density at radius 3 is 1.89 bits per heavy atom. The number of aliphatic hydroxyl groups is 1. The molecule has 1 saturated heterocycles. The Hall–Kier alpha value is -0.120. The molecule has 2 atom stereocenters. The van der Waals surface area contributed by atoms with Crippen LogP contribution in [0.5, 0.6) is 0 Å². The molecule has 0 aromatic heterocycles. The van der Waals surface area contributed by atoms with Gasteiger partial charge in [0.1, 0.15) is 0 Å². The molecule has 2 saturated carbocycles. The van der Waals surface area contributed by atoms with Gasteiger partial charge in [-0.2, -0.15) is 0 Å². The van der Waals surface area contributed by atoms with Crippen molar-refractivity contribution >= 4 is 0 Å². The molecule has 0 bridgehead atoms. The Bertz CT molecular complexity index is 257. The van der Waals surface area contributed by atoms with Crippen LogP contribution in [0.4, 0.5) is 0 Å². The summed E-state index contributed by atoms with van der Waals surface area (Å²) in [6.45, 7) is 4.82. The van der Waals surface area contributed by atoms with Crippen molar-refractivity contribution in [2.45, 2.75) is 69.6 Å². The van der Waals surface area contributed by atoms with Crippen LogP contribution in [0.1, 0.15) is 51.4 Å². The van der Waals surface area contributed by atoms with Crippen LogP contribution in [0.15, 0.2) is 0 Å². The second kappa shape index (κ2) is 5.89. The molecule has 3 nitrogen and oxygen atoms in total. The van der Waals surface area contributed by atoms with E-state index in [1.807, 2.05) is 0 Å². The van der Waals surface area contributed by atoms with Gasteiger partial charge in [-0.3, -0.25) is 9.80 Å². The Balaban J connectivity index is 1.49. The number of rotatable bonds is 2. The molecule has 3 aliphatic rings. The first-order valence-electron chi connectivity index (χ1n) is 8.01. The molecule has 3 fully saturated rings. The molecule has 1 heterocycles. The average molecular weight is 252 g/mol. The highest BCUT2D eigenvalue weighted by molar-refractivity contribution is 4.88. The van der Waals surface area contributed by atoms with Crippen LogP contribution in [0, 0.1) is 0 Å². The maximum atomic E-state index is 10.1. The molecule has 3 heteroatoms. The van der Waals surface area contributed by atoms with Gasteiger partial charge in [-0.1, -0.05) is 25.7 Å². The van der Waals surface area contributed by atoms with Crippen molar-refractivity contribution in [1.82, 2.24) is 9.80 Å². The Kier molecular flexibility index (Phi) is 4.22. The number of piperazine rings is 1. The van der Waals surface area contributed by atoms with E-state index in [1.54, 1.807) is 0 Å². The molecule has 3 rings (SSSR count). The van der Waals surface area contributed by atoms with Crippen LogP contribution in [-0.4, -0.2) is 59.3 Å². The number of hydrogen-bond donors (Lipinski definition) is 1. The van der Waals surface area contributed by atoms with Crippen molar-refractivity contribution in [3.05, 3.63) is 0 Å². The fourth-order valence-corrected chi connectivity index (χ4v) is 4.22. The van der Waals surface area contributed by atoms with Crippen LogP contribution in [0.3, 0.4) is 0 Å². The number of nitrogens with zero attached hydrogens (tertiary/aromatic N) is 2. The third-order valence-electron chi connectivity index (χ3n) is 5.35. The van der Waals surface area contributed by atoms with Gasteiger partial charge in [0.2, 0.25) is 0 Å². The molecular weight excluding hydrogens is 224 g/mol. The third-order valence-corrected chi connectivity index (χ3v) is 5.35. The van der Waals surface area contributed by atoms with Gasteiger partial charge in [0.05, 0.1) is 6.10 Å². The Labute approximate surface area is 111 Å². The van der Waals surface area contributed by atoms with E-state index in [-0.39, 0.29) is 6.10 Å². The second-order valence-corrected chi connectivity index (χ2v) is 6.43. The summed E-state index contributed by atoms with van der Waals surface area (Å²) in [5, 5.41) is 10.1. The molecule has 0 amide bonds. The summed E-state index contributed by atoms with van der Waals surface area (Å²) in [4.78, 5) is 5.27. The van der Waals surface area contributed by atoms with E-state index in [0.717, 1.165) is 12.5 Å². The third kappa shape index (κ3) is 2.73. The maximum Gasteiger partial charge on any atom is 0.0695 e. The van der Waals surface area contributed by atoms with Gasteiger partial charge in [0.25, 0.3) is 0 Å². The van der Waals surface area contributed by atoms with E-state index in [1.165, 1.54) is 71.1 Å². The van der Waals surface area contributed by atoms with E-state index in [0.29, 0.717) is 6.04 Å². The minimum absolute atomic E-state index is 0.0585. The fraction of sp³-hybridized carbons (Fsp3) is 1.00. The lowest BCUT2D eigenvalue weighted by Gasteiger charge is -2.44. The average Bonchev–Trinajstić information content (AvgIpc) is 2.94. The van der Waals surface area contributed by atoms with Crippen molar-refractivity contribution in [3.63, 3.8) is 0 Å². The first kappa shape index (κ1) is 12.9. The molecule has 1 N–H and O–H groups in total. The van der Waals surface area contributed by atoms with Crippen molar-refractivity contribution < 1.29 is 5.11 Å². The minimum Gasteiger partial charge on any atom is -0.391 e. The molecule has 0 spiro atoms. The predicted octanol–water partition coefficient (Wildman–Crippen LogP) is 1.85. The topological polar surface area (TPSA) is 26.7 Å². The van der Waals surface area contributed by atoms with Crippen LogP contribution in [0.2, 0.25) is 0 Å². The van der Waals surface area contributed by atoms with Crippen molar-refractivity contribution in [1.29, 1.82) is 0 Å². The zero-order chi connectivity index (χ0) is 12.4. The van der Waals surface area contributed by atoms with Crippen molar-refractivity contribution in [2.24, 2.45) is 0 Å². The van der Waals surface area contributed by atoms with Gasteiger partial charge in [-0.15, -0.1) is 0 Å². The van der Waals surface area contributed by atoms with E-state index in [9.17, 15) is 5.11 Å². The fourth-order valence-electron chi connectivity index (χ4n) is 4.22. The molecule has 0 aromatic carbocycles. The highest BCUT2D eigenvalue weighted by atomic mass is 16.3. The zero-order valence-corrected chi connectivity index (χ0v) is 11.6. The quantitative estimate of drug-likeness (QED) is 0.812.